The van der Waals surface area contributed by atoms with Crippen LogP contribution in [0.15, 0.2) is 66.7 Å². The molecule has 3 aromatic rings. The van der Waals surface area contributed by atoms with Gasteiger partial charge in [-0.1, -0.05) is 42.5 Å². The van der Waals surface area contributed by atoms with Crippen LogP contribution in [0.4, 0.5) is 5.69 Å². The summed E-state index contributed by atoms with van der Waals surface area (Å²) in [5.74, 6) is 0.0620. The quantitative estimate of drug-likeness (QED) is 0.390. The normalized spacial score (nSPS) is 25.5. The Kier molecular flexibility index (Phi) is 5.77. The number of para-hydroxylation sites is 1. The lowest BCUT2D eigenvalue weighted by atomic mass is 9.77. The van der Waals surface area contributed by atoms with E-state index in [1.165, 1.54) is 7.11 Å². The lowest BCUT2D eigenvalue weighted by molar-refractivity contribution is -0.534. The molecule has 1 N–H and O–H groups in total. The zero-order valence-electron chi connectivity index (χ0n) is 20.8. The van der Waals surface area contributed by atoms with E-state index in [1.807, 2.05) is 36.4 Å². The van der Waals surface area contributed by atoms with E-state index in [0.717, 1.165) is 24.0 Å². The van der Waals surface area contributed by atoms with Gasteiger partial charge in [-0.25, -0.2) is 0 Å². The van der Waals surface area contributed by atoms with Crippen LogP contribution in [0, 0.1) is 21.4 Å². The summed E-state index contributed by atoms with van der Waals surface area (Å²) in [5, 5.41) is 25.1. The van der Waals surface area contributed by atoms with Gasteiger partial charge in [-0.3, -0.25) is 19.8 Å². The van der Waals surface area contributed by atoms with Gasteiger partial charge in [0.2, 0.25) is 0 Å². The molecule has 0 bridgehead atoms. The molecule has 2 saturated heterocycles. The molecule has 0 saturated carbocycles. The van der Waals surface area contributed by atoms with Gasteiger partial charge < -0.3 is 14.8 Å². The summed E-state index contributed by atoms with van der Waals surface area (Å²) in [6.45, 7) is 0.792. The Hall–Kier alpha value is -4.42. The zero-order chi connectivity index (χ0) is 26.4. The van der Waals surface area contributed by atoms with Crippen LogP contribution in [0.25, 0.3) is 0 Å². The summed E-state index contributed by atoms with van der Waals surface area (Å²) in [7, 11) is 1.53. The van der Waals surface area contributed by atoms with Crippen LogP contribution in [0.3, 0.4) is 0 Å². The maximum atomic E-state index is 13.6. The molecule has 9 nitrogen and oxygen atoms in total. The average Bonchev–Trinajstić information content (AvgIpc) is 3.60. The fourth-order valence-corrected chi connectivity index (χ4v) is 6.70. The summed E-state index contributed by atoms with van der Waals surface area (Å²) in [6.07, 6.45) is 1.62. The maximum absolute atomic E-state index is 13.6. The van der Waals surface area contributed by atoms with Gasteiger partial charge in [0, 0.05) is 34.3 Å². The van der Waals surface area contributed by atoms with Crippen LogP contribution in [0.1, 0.15) is 41.0 Å². The summed E-state index contributed by atoms with van der Waals surface area (Å²) in [4.78, 5) is 28.2. The van der Waals surface area contributed by atoms with Crippen LogP contribution >= 0.6 is 0 Å². The number of ether oxygens (including phenoxy) is 2. The number of nitrogens with zero attached hydrogens (tertiary/aromatic N) is 3. The van der Waals surface area contributed by atoms with Gasteiger partial charge >= 0.3 is 0 Å². The van der Waals surface area contributed by atoms with Crippen molar-refractivity contribution in [2.45, 2.75) is 43.0 Å². The molecule has 0 aliphatic carbocycles. The highest BCUT2D eigenvalue weighted by atomic mass is 16.6. The van der Waals surface area contributed by atoms with Gasteiger partial charge in [0.15, 0.2) is 17.0 Å². The highest BCUT2D eigenvalue weighted by molar-refractivity contribution is 6.07. The van der Waals surface area contributed by atoms with Gasteiger partial charge in [-0.2, -0.15) is 5.26 Å². The molecule has 3 aromatic carbocycles. The molecule has 38 heavy (non-hydrogen) atoms. The van der Waals surface area contributed by atoms with Crippen LogP contribution in [0.2, 0.25) is 0 Å². The summed E-state index contributed by atoms with van der Waals surface area (Å²) in [5.41, 5.74) is 1.96. The Morgan fingerprint density at radius 2 is 1.95 bits per heavy atom. The predicted molar refractivity (Wildman–Crippen MR) is 138 cm³/mol. The molecule has 6 rings (SSSR count). The number of benzene rings is 3. The third-order valence-electron chi connectivity index (χ3n) is 8.19. The first-order valence-electron chi connectivity index (χ1n) is 12.6. The fraction of sp³-hybridized carbons (Fsp3) is 0.310. The zero-order valence-corrected chi connectivity index (χ0v) is 20.8. The Morgan fingerprint density at radius 1 is 1.16 bits per heavy atom. The number of nitriles is 1. The second-order valence-electron chi connectivity index (χ2n) is 9.89. The van der Waals surface area contributed by atoms with Crippen LogP contribution in [0.5, 0.6) is 11.5 Å². The lowest BCUT2D eigenvalue weighted by Gasteiger charge is -2.32. The Balaban J connectivity index is 1.40. The van der Waals surface area contributed by atoms with E-state index in [2.05, 4.69) is 16.3 Å². The van der Waals surface area contributed by atoms with E-state index in [-0.39, 0.29) is 23.5 Å². The van der Waals surface area contributed by atoms with Crippen molar-refractivity contribution in [3.63, 3.8) is 0 Å². The minimum atomic E-state index is -1.37. The summed E-state index contributed by atoms with van der Waals surface area (Å²) in [6, 6.07) is 20.7. The topological polar surface area (TPSA) is 118 Å². The van der Waals surface area contributed by atoms with Gasteiger partial charge in [-0.15, -0.1) is 0 Å². The van der Waals surface area contributed by atoms with E-state index in [4.69, 9.17) is 9.47 Å². The summed E-state index contributed by atoms with van der Waals surface area (Å²) >= 11 is 0. The van der Waals surface area contributed by atoms with E-state index in [1.54, 1.807) is 30.3 Å². The first-order chi connectivity index (χ1) is 18.5. The third kappa shape index (κ3) is 3.37. The Bertz CT molecular complexity index is 1480. The number of carbonyl (C=O) groups excluding carboxylic acids is 1. The first-order valence-corrected chi connectivity index (χ1v) is 12.6. The molecule has 9 heteroatoms. The van der Waals surface area contributed by atoms with Gasteiger partial charge in [0.1, 0.15) is 6.61 Å². The number of hydrogen-bond donors (Lipinski definition) is 1. The molecule has 192 valence electrons. The number of anilines is 1. The van der Waals surface area contributed by atoms with Gasteiger partial charge in [-0.05, 0) is 42.7 Å². The van der Waals surface area contributed by atoms with E-state index in [0.29, 0.717) is 34.9 Å². The van der Waals surface area contributed by atoms with E-state index < -0.39 is 17.5 Å². The minimum Gasteiger partial charge on any atom is -0.493 e. The Labute approximate surface area is 219 Å². The number of rotatable bonds is 6. The number of carbonyl (C=O) groups is 1. The van der Waals surface area contributed by atoms with Crippen LogP contribution in [-0.2, 0) is 16.9 Å². The predicted octanol–water partition coefficient (Wildman–Crippen LogP) is 4.20. The largest absolute Gasteiger partial charge is 0.493 e. The van der Waals surface area contributed by atoms with Gasteiger partial charge in [0.05, 0.1) is 24.7 Å². The van der Waals surface area contributed by atoms with Crippen molar-refractivity contribution in [2.24, 2.45) is 0 Å². The first kappa shape index (κ1) is 23.9. The molecular weight excluding hydrogens is 484 g/mol. The molecular formula is C29H26N4O5. The number of fused-ring (bicyclic) bond motifs is 4. The monoisotopic (exact) mass is 510 g/mol. The molecule has 3 aliphatic rings. The number of hydrogen-bond acceptors (Lipinski definition) is 7. The van der Waals surface area contributed by atoms with Crippen molar-refractivity contribution in [2.75, 3.05) is 19.0 Å². The SMILES string of the molecule is COc1cc([C@@H]2[C@@H]3CCCN3[C@]3(C(=O)Nc4ccccc43)[C@@H]2[N+](=O)[O-])ccc1OCc1ccccc1C#N. The average molecular weight is 511 g/mol. The molecule has 1 amide bonds. The number of nitro groups is 1. The van der Waals surface area contributed by atoms with E-state index in [9.17, 15) is 20.2 Å². The van der Waals surface area contributed by atoms with Crippen molar-refractivity contribution in [3.05, 3.63) is 99.1 Å². The third-order valence-corrected chi connectivity index (χ3v) is 8.19. The van der Waals surface area contributed by atoms with E-state index >= 15 is 0 Å². The maximum Gasteiger partial charge on any atom is 0.256 e. The second-order valence-corrected chi connectivity index (χ2v) is 9.89. The number of nitrogens with one attached hydrogen (secondary N) is 1. The highest BCUT2D eigenvalue weighted by Gasteiger charge is 2.73. The van der Waals surface area contributed by atoms with Crippen molar-refractivity contribution >= 4 is 11.6 Å². The molecule has 3 aliphatic heterocycles. The molecule has 0 aromatic heterocycles. The second kappa shape index (κ2) is 9.15. The Morgan fingerprint density at radius 3 is 2.74 bits per heavy atom. The van der Waals surface area contributed by atoms with Crippen LogP contribution < -0.4 is 14.8 Å². The molecule has 2 fully saturated rings. The highest BCUT2D eigenvalue weighted by Crippen LogP contribution is 2.58. The fourth-order valence-electron chi connectivity index (χ4n) is 6.70. The molecule has 0 radical (unpaired) electrons. The number of methoxy groups -OCH3 is 1. The standard InChI is InChI=1S/C29H26N4O5/c1-37-25-15-18(12-13-24(25)38-17-20-8-3-2-7-19(20)16-30)26-23-11-6-14-32(23)29(27(26)33(35)36)21-9-4-5-10-22(21)31-28(29)34/h2-5,7-10,12-13,15,23,26-27H,6,11,14,17H2,1H3,(H,31,34)/t23-,26+,27+,29-/m0/s1. The van der Waals surface area contributed by atoms with Crippen LogP contribution in [-0.4, -0.2) is 41.5 Å². The smallest absolute Gasteiger partial charge is 0.256 e. The van der Waals surface area contributed by atoms with Crippen molar-refractivity contribution in [1.82, 2.24) is 4.90 Å². The lowest BCUT2D eigenvalue weighted by Crippen LogP contribution is -2.55. The molecule has 4 atom stereocenters. The molecule has 1 spiro atoms. The van der Waals surface area contributed by atoms with Crippen molar-refractivity contribution in [1.29, 1.82) is 5.26 Å². The minimum absolute atomic E-state index is 0.165. The van der Waals surface area contributed by atoms with Crippen molar-refractivity contribution in [3.8, 4) is 17.6 Å². The van der Waals surface area contributed by atoms with Gasteiger partial charge in [0.25, 0.3) is 11.9 Å². The summed E-state index contributed by atoms with van der Waals surface area (Å²) < 4.78 is 11.6. The number of amides is 1. The molecule has 0 unspecified atom stereocenters. The molecule has 3 heterocycles. The van der Waals surface area contributed by atoms with Crippen molar-refractivity contribution < 1.29 is 19.2 Å².